The molecule has 280 valence electrons. The zero-order valence-corrected chi connectivity index (χ0v) is 28.1. The minimum Gasteiger partial charge on any atom is -0.502 e. The molecule has 11 atom stereocenters. The number of hydrogen-bond acceptors (Lipinski definition) is 17. The minimum atomic E-state index is -2.03. The molecule has 3 saturated heterocycles. The number of aliphatic hydroxyl groups excluding tert-OH is 6. The summed E-state index contributed by atoms with van der Waals surface area (Å²) >= 11 is 0. The van der Waals surface area contributed by atoms with Crippen LogP contribution in [-0.4, -0.2) is 151 Å². The number of aliphatic hydroxyl groups is 7. The first-order valence-corrected chi connectivity index (χ1v) is 16.0. The normalized spacial score (nSPS) is 34.1. The molecule has 8 N–H and O–H groups in total. The monoisotopic (exact) mass is 714 g/mol. The number of rotatable bonds is 14. The summed E-state index contributed by atoms with van der Waals surface area (Å²) in [5, 5.41) is 82.7. The molecule has 3 heterocycles. The lowest BCUT2D eigenvalue weighted by atomic mass is 9.84. The van der Waals surface area contributed by atoms with Gasteiger partial charge in [0, 0.05) is 12.5 Å². The summed E-state index contributed by atoms with van der Waals surface area (Å²) in [6, 6.07) is 6.65. The maximum Gasteiger partial charge on any atom is 0.230 e. The Morgan fingerprint density at radius 3 is 1.94 bits per heavy atom. The molecule has 0 amide bonds. The second kappa shape index (κ2) is 16.0. The third-order valence-electron chi connectivity index (χ3n) is 9.47. The summed E-state index contributed by atoms with van der Waals surface area (Å²) in [6.45, 7) is -1.91. The molecule has 0 saturated carbocycles. The van der Waals surface area contributed by atoms with Gasteiger partial charge in [0.2, 0.25) is 17.8 Å². The van der Waals surface area contributed by atoms with E-state index >= 15 is 0 Å². The topological polar surface area (TPSA) is 245 Å². The van der Waals surface area contributed by atoms with E-state index in [1.54, 1.807) is 24.3 Å². The Morgan fingerprint density at radius 2 is 1.42 bits per heavy atom. The fourth-order valence-electron chi connectivity index (χ4n) is 6.55. The van der Waals surface area contributed by atoms with Crippen molar-refractivity contribution < 1.29 is 83.5 Å². The molecule has 0 aliphatic carbocycles. The summed E-state index contributed by atoms with van der Waals surface area (Å²) in [5.74, 6) is 0.103. The molecular weight excluding hydrogens is 668 g/mol. The van der Waals surface area contributed by atoms with Crippen molar-refractivity contribution in [2.75, 3.05) is 61.5 Å². The minimum absolute atomic E-state index is 0.0138. The van der Waals surface area contributed by atoms with E-state index in [0.29, 0.717) is 18.6 Å². The van der Waals surface area contributed by atoms with Gasteiger partial charge in [-0.3, -0.25) is 0 Å². The van der Waals surface area contributed by atoms with Crippen LogP contribution < -0.4 is 23.7 Å². The second-order valence-corrected chi connectivity index (χ2v) is 12.5. The standard InChI is InChI=1S/C33H46O17/c1-42-19-8-16(9-20(43-2)24(19)37)27-18(10-34)17(12-46-27)5-15-6-21(44-3)28(22(7-15)45-4)49-31-29(26(39)25(38)23(11-35)48-31)50-32-30(40)33(41,13-36)14-47-32/h6-9,17-18,23,25-27,29-32,34-41H,5,10-14H2,1-4H3/t17-,18-,23-,25-,26+,27+,29-,30+,31+,32+,33-/m1/s1. The van der Waals surface area contributed by atoms with E-state index in [4.69, 9.17) is 42.6 Å². The van der Waals surface area contributed by atoms with Crippen LogP contribution in [0.5, 0.6) is 34.5 Å². The Morgan fingerprint density at radius 1 is 0.800 bits per heavy atom. The van der Waals surface area contributed by atoms with Gasteiger partial charge in [0.05, 0.1) is 61.0 Å². The molecule has 3 aliphatic rings. The molecule has 3 fully saturated rings. The summed E-state index contributed by atoms with van der Waals surface area (Å²) in [4.78, 5) is 0. The Hall–Kier alpha value is -3.20. The zero-order chi connectivity index (χ0) is 36.3. The molecule has 50 heavy (non-hydrogen) atoms. The van der Waals surface area contributed by atoms with Gasteiger partial charge in [-0.05, 0) is 47.7 Å². The van der Waals surface area contributed by atoms with Crippen LogP contribution in [0.2, 0.25) is 0 Å². The highest BCUT2D eigenvalue weighted by Crippen LogP contribution is 2.47. The third-order valence-corrected chi connectivity index (χ3v) is 9.47. The van der Waals surface area contributed by atoms with Crippen LogP contribution >= 0.6 is 0 Å². The van der Waals surface area contributed by atoms with Crippen LogP contribution in [0, 0.1) is 11.8 Å². The summed E-state index contributed by atoms with van der Waals surface area (Å²) in [6.07, 6.45) is -11.1. The van der Waals surface area contributed by atoms with Crippen LogP contribution in [0.15, 0.2) is 24.3 Å². The van der Waals surface area contributed by atoms with E-state index in [0.717, 1.165) is 5.56 Å². The highest BCUT2D eigenvalue weighted by molar-refractivity contribution is 5.55. The lowest BCUT2D eigenvalue weighted by molar-refractivity contribution is -0.319. The molecule has 0 spiro atoms. The first kappa shape index (κ1) is 38.0. The smallest absolute Gasteiger partial charge is 0.230 e. The van der Waals surface area contributed by atoms with Crippen molar-refractivity contribution in [3.05, 3.63) is 35.4 Å². The predicted molar refractivity (Wildman–Crippen MR) is 168 cm³/mol. The van der Waals surface area contributed by atoms with Gasteiger partial charge < -0.3 is 83.5 Å². The molecule has 0 radical (unpaired) electrons. The number of phenolic OH excluding ortho intramolecular Hbond substituents is 1. The van der Waals surface area contributed by atoms with Crippen LogP contribution in [0.25, 0.3) is 0 Å². The largest absolute Gasteiger partial charge is 0.502 e. The van der Waals surface area contributed by atoms with Gasteiger partial charge in [0.1, 0.15) is 30.0 Å². The van der Waals surface area contributed by atoms with Crippen molar-refractivity contribution in [3.8, 4) is 34.5 Å². The van der Waals surface area contributed by atoms with Crippen molar-refractivity contribution in [2.45, 2.75) is 61.2 Å². The van der Waals surface area contributed by atoms with Crippen molar-refractivity contribution >= 4 is 0 Å². The molecule has 3 aliphatic heterocycles. The van der Waals surface area contributed by atoms with Crippen LogP contribution in [0.1, 0.15) is 17.2 Å². The number of hydrogen-bond donors (Lipinski definition) is 8. The van der Waals surface area contributed by atoms with E-state index in [9.17, 15) is 40.9 Å². The van der Waals surface area contributed by atoms with E-state index in [1.165, 1.54) is 28.4 Å². The molecule has 0 unspecified atom stereocenters. The van der Waals surface area contributed by atoms with E-state index in [2.05, 4.69) is 0 Å². The van der Waals surface area contributed by atoms with Gasteiger partial charge >= 0.3 is 0 Å². The summed E-state index contributed by atoms with van der Waals surface area (Å²) in [5.41, 5.74) is -0.642. The predicted octanol–water partition coefficient (Wildman–Crippen LogP) is -1.39. The van der Waals surface area contributed by atoms with Gasteiger partial charge in [0.15, 0.2) is 35.4 Å². The van der Waals surface area contributed by atoms with Crippen LogP contribution in [0.4, 0.5) is 0 Å². The Labute approximate surface area is 288 Å². The summed E-state index contributed by atoms with van der Waals surface area (Å²) < 4.78 is 51.0. The molecule has 0 aromatic heterocycles. The SMILES string of the molecule is COc1cc([C@@H]2OC[C@@H](Cc3cc(OC)c(O[C@@H]4O[C@H](CO)[C@@H](O)[C@H](O)[C@H]4O[C@@H]4OC[C@](O)(CO)[C@H]4O)c(OC)c3)[C@H]2CO)cc(OC)c1O. The quantitative estimate of drug-likeness (QED) is 0.112. The van der Waals surface area contributed by atoms with Crippen molar-refractivity contribution in [3.63, 3.8) is 0 Å². The first-order chi connectivity index (χ1) is 24.0. The maximum atomic E-state index is 11.0. The van der Waals surface area contributed by atoms with Gasteiger partial charge in [0.25, 0.3) is 0 Å². The first-order valence-electron chi connectivity index (χ1n) is 16.0. The zero-order valence-electron chi connectivity index (χ0n) is 28.1. The Kier molecular flexibility index (Phi) is 12.2. The fraction of sp³-hybridized carbons (Fsp3) is 0.636. The van der Waals surface area contributed by atoms with Gasteiger partial charge in [-0.25, -0.2) is 0 Å². The number of methoxy groups -OCH3 is 4. The van der Waals surface area contributed by atoms with Crippen molar-refractivity contribution in [2.24, 2.45) is 11.8 Å². The molecule has 17 nitrogen and oxygen atoms in total. The van der Waals surface area contributed by atoms with Crippen molar-refractivity contribution in [1.82, 2.24) is 0 Å². The number of ether oxygens (including phenoxy) is 9. The van der Waals surface area contributed by atoms with Crippen LogP contribution in [-0.2, 0) is 25.4 Å². The van der Waals surface area contributed by atoms with E-state index < -0.39 is 74.6 Å². The van der Waals surface area contributed by atoms with Crippen molar-refractivity contribution in [1.29, 1.82) is 0 Å². The fourth-order valence-corrected chi connectivity index (χ4v) is 6.55. The van der Waals surface area contributed by atoms with Gasteiger partial charge in [-0.15, -0.1) is 0 Å². The number of phenols is 1. The average Bonchev–Trinajstić information content (AvgIpc) is 3.67. The lowest BCUT2D eigenvalue weighted by Gasteiger charge is -2.42. The van der Waals surface area contributed by atoms with Crippen LogP contribution in [0.3, 0.4) is 0 Å². The van der Waals surface area contributed by atoms with E-state index in [-0.39, 0.29) is 52.9 Å². The third kappa shape index (κ3) is 7.26. The molecule has 17 heteroatoms. The summed E-state index contributed by atoms with van der Waals surface area (Å²) in [7, 11) is 5.63. The molecule has 0 bridgehead atoms. The maximum absolute atomic E-state index is 11.0. The van der Waals surface area contributed by atoms with Gasteiger partial charge in [-0.1, -0.05) is 0 Å². The molecule has 2 aromatic carbocycles. The Bertz CT molecular complexity index is 1390. The van der Waals surface area contributed by atoms with E-state index in [1.807, 2.05) is 0 Å². The lowest BCUT2D eigenvalue weighted by Crippen LogP contribution is -2.62. The molecule has 2 aromatic rings. The Balaban J connectivity index is 1.39. The highest BCUT2D eigenvalue weighted by Gasteiger charge is 2.53. The highest BCUT2D eigenvalue weighted by atomic mass is 16.8. The second-order valence-electron chi connectivity index (χ2n) is 12.5. The number of benzene rings is 2. The average molecular weight is 715 g/mol. The molecule has 5 rings (SSSR count). The molecular formula is C33H46O17. The van der Waals surface area contributed by atoms with Gasteiger partial charge in [-0.2, -0.15) is 0 Å². The number of aromatic hydroxyl groups is 1.